The van der Waals surface area contributed by atoms with E-state index in [0.29, 0.717) is 43.4 Å². The number of benzene rings is 2. The van der Waals surface area contributed by atoms with E-state index >= 15 is 0 Å². The number of aromatic nitrogens is 1. The van der Waals surface area contributed by atoms with Crippen molar-refractivity contribution in [2.24, 2.45) is 4.99 Å². The van der Waals surface area contributed by atoms with Gasteiger partial charge in [0.25, 0.3) is 5.56 Å². The molecule has 0 spiro atoms. The Morgan fingerprint density at radius 3 is 2.78 bits per heavy atom. The molecule has 0 saturated heterocycles. The molecule has 1 atom stereocenters. The highest BCUT2D eigenvalue weighted by Gasteiger charge is 2.35. The van der Waals surface area contributed by atoms with Gasteiger partial charge in [-0.15, -0.1) is 0 Å². The second-order valence-corrected chi connectivity index (χ2v) is 9.63. The van der Waals surface area contributed by atoms with Crippen molar-refractivity contribution in [1.82, 2.24) is 4.57 Å². The number of carbonyl (C=O) groups is 1. The van der Waals surface area contributed by atoms with Crippen molar-refractivity contribution in [1.29, 1.82) is 0 Å². The second-order valence-electron chi connectivity index (χ2n) is 8.62. The fraction of sp³-hybridized carbons (Fsp3) is 0.296. The van der Waals surface area contributed by atoms with Crippen LogP contribution < -0.4 is 29.1 Å². The summed E-state index contributed by atoms with van der Waals surface area (Å²) in [5.41, 5.74) is 2.06. The minimum Gasteiger partial charge on any atom is -0.491 e. The Bertz CT molecular complexity index is 1550. The van der Waals surface area contributed by atoms with Crippen LogP contribution in [0.3, 0.4) is 0 Å². The zero-order valence-electron chi connectivity index (χ0n) is 20.4. The number of allylic oxidation sites excluding steroid dienone is 1. The van der Waals surface area contributed by atoms with Gasteiger partial charge in [-0.25, -0.2) is 9.79 Å². The van der Waals surface area contributed by atoms with Crippen LogP contribution in [-0.4, -0.2) is 30.0 Å². The van der Waals surface area contributed by atoms with Gasteiger partial charge in [-0.3, -0.25) is 9.36 Å². The first-order valence-electron chi connectivity index (χ1n) is 11.7. The lowest BCUT2D eigenvalue weighted by atomic mass is 9.95. The number of ether oxygens (including phenoxy) is 4. The molecule has 0 amide bonds. The lowest BCUT2D eigenvalue weighted by molar-refractivity contribution is -0.139. The standard InChI is InChI=1S/C27H26N2O6S/c1-5-32-26(31)23-16(4)28-27-29(24(23)18-8-6-7-9-19(18)35-15(2)3)25(30)22(36-27)13-17-10-11-20-21(12-17)34-14-33-20/h6-13,15,24H,5,14H2,1-4H3/b22-13+/t24-/m1/s1. The van der Waals surface area contributed by atoms with E-state index < -0.39 is 12.0 Å². The number of thiazole rings is 1. The molecule has 0 unspecified atom stereocenters. The van der Waals surface area contributed by atoms with Gasteiger partial charge in [0.05, 0.1) is 28.5 Å². The number of carbonyl (C=O) groups excluding carboxylic acids is 1. The molecule has 3 heterocycles. The Kier molecular flexibility index (Phi) is 6.40. The Hall–Kier alpha value is -3.85. The first kappa shape index (κ1) is 23.9. The highest BCUT2D eigenvalue weighted by Crippen LogP contribution is 2.36. The Balaban J connectivity index is 1.71. The fourth-order valence-electron chi connectivity index (χ4n) is 4.31. The van der Waals surface area contributed by atoms with Gasteiger partial charge in [0, 0.05) is 5.56 Å². The number of hydrogen-bond acceptors (Lipinski definition) is 8. The van der Waals surface area contributed by atoms with E-state index in [2.05, 4.69) is 4.99 Å². The monoisotopic (exact) mass is 506 g/mol. The molecule has 1 aromatic heterocycles. The van der Waals surface area contributed by atoms with Crippen molar-refractivity contribution in [3.05, 3.63) is 84.5 Å². The minimum atomic E-state index is -0.742. The van der Waals surface area contributed by atoms with Crippen molar-refractivity contribution in [2.45, 2.75) is 39.8 Å². The third-order valence-electron chi connectivity index (χ3n) is 5.79. The number of rotatable bonds is 6. The van der Waals surface area contributed by atoms with Crippen molar-refractivity contribution < 1.29 is 23.7 Å². The third-order valence-corrected chi connectivity index (χ3v) is 6.77. The molecule has 8 nitrogen and oxygen atoms in total. The minimum absolute atomic E-state index is 0.0934. The molecule has 5 rings (SSSR count). The van der Waals surface area contributed by atoms with Crippen LogP contribution >= 0.6 is 11.3 Å². The summed E-state index contributed by atoms with van der Waals surface area (Å²) in [5, 5.41) is 0. The summed E-state index contributed by atoms with van der Waals surface area (Å²) in [5.74, 6) is 1.40. The molecule has 3 aromatic rings. The number of para-hydroxylation sites is 1. The van der Waals surface area contributed by atoms with E-state index in [1.54, 1.807) is 24.5 Å². The van der Waals surface area contributed by atoms with Crippen molar-refractivity contribution in [2.75, 3.05) is 13.4 Å². The molecule has 2 aliphatic rings. The summed E-state index contributed by atoms with van der Waals surface area (Å²) in [4.78, 5) is 32.1. The zero-order valence-corrected chi connectivity index (χ0v) is 21.3. The lowest BCUT2D eigenvalue weighted by Crippen LogP contribution is -2.40. The number of esters is 1. The molecule has 9 heteroatoms. The van der Waals surface area contributed by atoms with Crippen LogP contribution in [0, 0.1) is 0 Å². The summed E-state index contributed by atoms with van der Waals surface area (Å²) in [6.45, 7) is 7.76. The smallest absolute Gasteiger partial charge is 0.338 e. The molecule has 0 aliphatic carbocycles. The fourth-order valence-corrected chi connectivity index (χ4v) is 5.35. The summed E-state index contributed by atoms with van der Waals surface area (Å²) in [6, 6.07) is 12.2. The van der Waals surface area contributed by atoms with E-state index in [9.17, 15) is 9.59 Å². The van der Waals surface area contributed by atoms with E-state index in [0.717, 1.165) is 5.56 Å². The summed E-state index contributed by atoms with van der Waals surface area (Å²) in [7, 11) is 0. The maximum atomic E-state index is 13.8. The number of hydrogen-bond donors (Lipinski definition) is 0. The topological polar surface area (TPSA) is 88.4 Å². The maximum absolute atomic E-state index is 13.8. The van der Waals surface area contributed by atoms with Crippen LogP contribution in [0.5, 0.6) is 17.2 Å². The van der Waals surface area contributed by atoms with Crippen LogP contribution in [-0.2, 0) is 9.53 Å². The molecule has 0 fully saturated rings. The van der Waals surface area contributed by atoms with Crippen LogP contribution in [0.2, 0.25) is 0 Å². The van der Waals surface area contributed by atoms with Gasteiger partial charge >= 0.3 is 5.97 Å². The van der Waals surface area contributed by atoms with Crippen molar-refractivity contribution in [3.63, 3.8) is 0 Å². The van der Waals surface area contributed by atoms with Gasteiger partial charge in [0.15, 0.2) is 16.3 Å². The van der Waals surface area contributed by atoms with Gasteiger partial charge in [0.2, 0.25) is 6.79 Å². The van der Waals surface area contributed by atoms with Crippen molar-refractivity contribution >= 4 is 23.4 Å². The largest absolute Gasteiger partial charge is 0.491 e. The van der Waals surface area contributed by atoms with E-state index in [1.807, 2.05) is 56.3 Å². The predicted molar refractivity (Wildman–Crippen MR) is 135 cm³/mol. The molecule has 0 saturated carbocycles. The SMILES string of the molecule is CCOC(=O)C1=C(C)N=c2s/c(=C/c3ccc4c(c3)OCO4)c(=O)n2[C@@H]1c1ccccc1OC(C)C. The Labute approximate surface area is 211 Å². The molecule has 0 N–H and O–H groups in total. The third kappa shape index (κ3) is 4.30. The zero-order chi connectivity index (χ0) is 25.4. The van der Waals surface area contributed by atoms with E-state index in [1.165, 1.54) is 11.3 Å². The van der Waals surface area contributed by atoms with Crippen LogP contribution in [0.4, 0.5) is 0 Å². The normalized spacial score (nSPS) is 16.7. The molecular weight excluding hydrogens is 480 g/mol. The average Bonchev–Trinajstić information content (AvgIpc) is 3.42. The number of fused-ring (bicyclic) bond motifs is 2. The summed E-state index contributed by atoms with van der Waals surface area (Å²) >= 11 is 1.27. The predicted octanol–water partition coefficient (Wildman–Crippen LogP) is 3.31. The Morgan fingerprint density at radius 1 is 1.22 bits per heavy atom. The number of nitrogens with zero attached hydrogens (tertiary/aromatic N) is 2. The second kappa shape index (κ2) is 9.66. The van der Waals surface area contributed by atoms with Crippen LogP contribution in [0.15, 0.2) is 63.5 Å². The van der Waals surface area contributed by atoms with E-state index in [4.69, 9.17) is 18.9 Å². The first-order chi connectivity index (χ1) is 17.4. The maximum Gasteiger partial charge on any atom is 0.338 e. The van der Waals surface area contributed by atoms with Gasteiger partial charge in [-0.2, -0.15) is 0 Å². The molecule has 0 bridgehead atoms. The van der Waals surface area contributed by atoms with E-state index in [-0.39, 0.29) is 25.1 Å². The summed E-state index contributed by atoms with van der Waals surface area (Å²) in [6.07, 6.45) is 1.70. The van der Waals surface area contributed by atoms with Gasteiger partial charge < -0.3 is 18.9 Å². The van der Waals surface area contributed by atoms with Gasteiger partial charge in [0.1, 0.15) is 11.8 Å². The molecule has 186 valence electrons. The molecule has 36 heavy (non-hydrogen) atoms. The molecular formula is C27H26N2O6S. The molecule has 2 aliphatic heterocycles. The summed E-state index contributed by atoms with van der Waals surface area (Å²) < 4.78 is 24.4. The molecule has 0 radical (unpaired) electrons. The quantitative estimate of drug-likeness (QED) is 0.477. The van der Waals surface area contributed by atoms with Crippen LogP contribution in [0.25, 0.3) is 6.08 Å². The highest BCUT2D eigenvalue weighted by molar-refractivity contribution is 7.07. The lowest BCUT2D eigenvalue weighted by Gasteiger charge is -2.26. The average molecular weight is 507 g/mol. The highest BCUT2D eigenvalue weighted by atomic mass is 32.1. The van der Waals surface area contributed by atoms with Crippen molar-refractivity contribution in [3.8, 4) is 17.2 Å². The Morgan fingerprint density at radius 2 is 2.00 bits per heavy atom. The van der Waals surface area contributed by atoms with Gasteiger partial charge in [-0.1, -0.05) is 35.6 Å². The molecule has 2 aromatic carbocycles. The first-order valence-corrected chi connectivity index (χ1v) is 12.5. The van der Waals surface area contributed by atoms with Crippen LogP contribution in [0.1, 0.15) is 44.9 Å². The van der Waals surface area contributed by atoms with Gasteiger partial charge in [-0.05, 0) is 57.5 Å².